The van der Waals surface area contributed by atoms with E-state index < -0.39 is 5.54 Å². The van der Waals surface area contributed by atoms with Crippen molar-refractivity contribution in [2.45, 2.75) is 12.1 Å². The molecule has 4 aromatic carbocycles. The van der Waals surface area contributed by atoms with Crippen LogP contribution in [0.4, 0.5) is 0 Å². The maximum atomic E-state index is 13.5. The van der Waals surface area contributed by atoms with Crippen LogP contribution in [-0.4, -0.2) is 28.3 Å². The van der Waals surface area contributed by atoms with Gasteiger partial charge in [0.2, 0.25) is 0 Å². The van der Waals surface area contributed by atoms with E-state index in [0.29, 0.717) is 21.7 Å². The van der Waals surface area contributed by atoms with Gasteiger partial charge in [-0.05, 0) is 34.9 Å². The number of carbonyl (C=O) groups is 2. The van der Waals surface area contributed by atoms with Crippen LogP contribution in [0, 0.1) is 0 Å². The van der Waals surface area contributed by atoms with Crippen LogP contribution in [0.1, 0.15) is 43.0 Å². The number of nitrogens with zero attached hydrogens (tertiary/aromatic N) is 1. The third kappa shape index (κ3) is 3.61. The fourth-order valence-corrected chi connectivity index (χ4v) is 4.83. The molecule has 4 nitrogen and oxygen atoms in total. The number of rotatable bonds is 6. The van der Waals surface area contributed by atoms with Crippen molar-refractivity contribution in [3.63, 3.8) is 0 Å². The molecule has 4 aromatic rings. The Kier molecular flexibility index (Phi) is 5.78. The first-order valence-electron chi connectivity index (χ1n) is 11.0. The summed E-state index contributed by atoms with van der Waals surface area (Å²) in [7, 11) is 0. The molecule has 1 atom stereocenters. The van der Waals surface area contributed by atoms with E-state index in [1.54, 1.807) is 47.4 Å². The second-order valence-corrected chi connectivity index (χ2v) is 8.79. The first kappa shape index (κ1) is 22.1. The van der Waals surface area contributed by atoms with Crippen molar-refractivity contribution in [3.05, 3.63) is 142 Å². The van der Waals surface area contributed by atoms with E-state index >= 15 is 0 Å². The number of ketones is 1. The summed E-state index contributed by atoms with van der Waals surface area (Å²) >= 11 is 6.12. The molecule has 1 heterocycles. The molecule has 0 saturated heterocycles. The van der Waals surface area contributed by atoms with E-state index in [9.17, 15) is 14.7 Å². The smallest absolute Gasteiger partial charge is 0.255 e. The van der Waals surface area contributed by atoms with Crippen molar-refractivity contribution in [2.75, 3.05) is 6.61 Å². The lowest BCUT2D eigenvalue weighted by atomic mass is 9.83. The molecule has 0 aliphatic carbocycles. The van der Waals surface area contributed by atoms with Crippen molar-refractivity contribution in [1.29, 1.82) is 0 Å². The Morgan fingerprint density at radius 1 is 0.794 bits per heavy atom. The zero-order valence-electron chi connectivity index (χ0n) is 18.3. The second-order valence-electron chi connectivity index (χ2n) is 8.35. The minimum absolute atomic E-state index is 0.0531. The van der Waals surface area contributed by atoms with E-state index in [-0.39, 0.29) is 24.8 Å². The molecular formula is C29H22ClNO3. The van der Waals surface area contributed by atoms with Gasteiger partial charge in [0.25, 0.3) is 5.91 Å². The van der Waals surface area contributed by atoms with Crippen LogP contribution in [0.3, 0.4) is 0 Å². The predicted octanol–water partition coefficient (Wildman–Crippen LogP) is 5.46. The van der Waals surface area contributed by atoms with Crippen LogP contribution < -0.4 is 0 Å². The van der Waals surface area contributed by atoms with E-state index in [1.807, 2.05) is 60.7 Å². The van der Waals surface area contributed by atoms with Crippen LogP contribution in [0.25, 0.3) is 0 Å². The second kappa shape index (κ2) is 8.90. The quantitative estimate of drug-likeness (QED) is 0.383. The first-order valence-corrected chi connectivity index (χ1v) is 11.4. The van der Waals surface area contributed by atoms with Crippen LogP contribution in [-0.2, 0) is 12.1 Å². The Labute approximate surface area is 203 Å². The Hall–Kier alpha value is -3.73. The highest BCUT2D eigenvalue weighted by Crippen LogP contribution is 2.45. The lowest BCUT2D eigenvalue weighted by Crippen LogP contribution is -2.47. The van der Waals surface area contributed by atoms with Gasteiger partial charge in [-0.3, -0.25) is 9.59 Å². The molecule has 0 bridgehead atoms. The molecule has 34 heavy (non-hydrogen) atoms. The van der Waals surface area contributed by atoms with Crippen LogP contribution in [0.15, 0.2) is 103 Å². The summed E-state index contributed by atoms with van der Waals surface area (Å²) in [6.45, 7) is -0.00152. The third-order valence-corrected chi connectivity index (χ3v) is 6.70. The number of aliphatic hydroxyl groups is 1. The van der Waals surface area contributed by atoms with Gasteiger partial charge in [-0.25, -0.2) is 0 Å². The van der Waals surface area contributed by atoms with Crippen LogP contribution >= 0.6 is 11.6 Å². The van der Waals surface area contributed by atoms with Gasteiger partial charge < -0.3 is 10.0 Å². The Morgan fingerprint density at radius 2 is 1.41 bits per heavy atom. The number of amides is 1. The number of aliphatic hydroxyl groups excluding tert-OH is 1. The number of hydrogen-bond acceptors (Lipinski definition) is 3. The van der Waals surface area contributed by atoms with Gasteiger partial charge >= 0.3 is 0 Å². The molecule has 5 heteroatoms. The summed E-state index contributed by atoms with van der Waals surface area (Å²) in [5, 5.41) is 11.3. The Bertz CT molecular complexity index is 1350. The summed E-state index contributed by atoms with van der Waals surface area (Å²) in [4.78, 5) is 28.0. The molecule has 0 spiro atoms. The molecule has 0 saturated carbocycles. The van der Waals surface area contributed by atoms with Gasteiger partial charge in [-0.15, -0.1) is 0 Å². The SMILES string of the molecule is O=C(c1ccccc1)c1ccc(CN2C(=O)c3ccccc3C2(CO)c2ccc(Cl)cc2)cc1. The number of benzene rings is 4. The summed E-state index contributed by atoms with van der Waals surface area (Å²) in [6.07, 6.45) is 0. The van der Waals surface area contributed by atoms with Crippen molar-refractivity contribution < 1.29 is 14.7 Å². The Balaban J connectivity index is 1.51. The highest BCUT2D eigenvalue weighted by atomic mass is 35.5. The maximum Gasteiger partial charge on any atom is 0.255 e. The minimum Gasteiger partial charge on any atom is -0.393 e. The largest absolute Gasteiger partial charge is 0.393 e. The summed E-state index contributed by atoms with van der Waals surface area (Å²) in [5.41, 5.74) is 3.16. The van der Waals surface area contributed by atoms with Gasteiger partial charge in [0.05, 0.1) is 6.61 Å². The molecule has 1 amide bonds. The van der Waals surface area contributed by atoms with Crippen LogP contribution in [0.2, 0.25) is 5.02 Å². The standard InChI is InChI=1S/C29H22ClNO3/c30-24-16-14-23(15-17-24)29(19-32)26-9-5-4-8-25(26)28(34)31(29)18-20-10-12-22(13-11-20)27(33)21-6-2-1-3-7-21/h1-17,32H,18-19H2. The van der Waals surface area contributed by atoms with Gasteiger partial charge in [-0.1, -0.05) is 96.5 Å². The molecular weight excluding hydrogens is 446 g/mol. The number of carbonyl (C=O) groups excluding carboxylic acids is 2. The zero-order chi connectivity index (χ0) is 23.7. The van der Waals surface area contributed by atoms with Gasteiger partial charge in [0.15, 0.2) is 5.78 Å². The molecule has 5 rings (SSSR count). The molecule has 0 aromatic heterocycles. The fraction of sp³-hybridized carbons (Fsp3) is 0.103. The molecule has 168 valence electrons. The molecule has 1 N–H and O–H groups in total. The molecule has 1 aliphatic heterocycles. The average molecular weight is 468 g/mol. The predicted molar refractivity (Wildman–Crippen MR) is 132 cm³/mol. The lowest BCUT2D eigenvalue weighted by molar-refractivity contribution is 0.0435. The third-order valence-electron chi connectivity index (χ3n) is 6.45. The summed E-state index contributed by atoms with van der Waals surface area (Å²) in [6, 6.07) is 31.0. The number of fused-ring (bicyclic) bond motifs is 1. The maximum absolute atomic E-state index is 13.5. The first-order chi connectivity index (χ1) is 16.5. The summed E-state index contributed by atoms with van der Waals surface area (Å²) < 4.78 is 0. The lowest BCUT2D eigenvalue weighted by Gasteiger charge is -2.38. The van der Waals surface area contributed by atoms with Gasteiger partial charge in [-0.2, -0.15) is 0 Å². The van der Waals surface area contributed by atoms with Gasteiger partial charge in [0, 0.05) is 28.3 Å². The normalized spacial score (nSPS) is 17.0. The van der Waals surface area contributed by atoms with Crippen molar-refractivity contribution in [3.8, 4) is 0 Å². The molecule has 1 unspecified atom stereocenters. The Morgan fingerprint density at radius 3 is 2.09 bits per heavy atom. The zero-order valence-corrected chi connectivity index (χ0v) is 19.1. The highest BCUT2D eigenvalue weighted by Gasteiger charge is 2.50. The van der Waals surface area contributed by atoms with Gasteiger partial charge in [0.1, 0.15) is 5.54 Å². The highest BCUT2D eigenvalue weighted by molar-refractivity contribution is 6.30. The number of halogens is 1. The van der Waals surface area contributed by atoms with E-state index in [4.69, 9.17) is 11.6 Å². The van der Waals surface area contributed by atoms with E-state index in [1.165, 1.54) is 0 Å². The summed E-state index contributed by atoms with van der Waals surface area (Å²) in [5.74, 6) is -0.202. The fourth-order valence-electron chi connectivity index (χ4n) is 4.70. The molecule has 0 fully saturated rings. The van der Waals surface area contributed by atoms with Crippen molar-refractivity contribution >= 4 is 23.3 Å². The molecule has 0 radical (unpaired) electrons. The minimum atomic E-state index is -1.03. The van der Waals surface area contributed by atoms with E-state index in [0.717, 1.165) is 16.7 Å². The van der Waals surface area contributed by atoms with Crippen molar-refractivity contribution in [2.24, 2.45) is 0 Å². The molecule has 1 aliphatic rings. The van der Waals surface area contributed by atoms with E-state index in [2.05, 4.69) is 0 Å². The average Bonchev–Trinajstić information content (AvgIpc) is 3.13. The monoisotopic (exact) mass is 467 g/mol. The van der Waals surface area contributed by atoms with Crippen LogP contribution in [0.5, 0.6) is 0 Å². The number of hydrogen-bond donors (Lipinski definition) is 1. The topological polar surface area (TPSA) is 57.6 Å². The van der Waals surface area contributed by atoms with Crippen molar-refractivity contribution in [1.82, 2.24) is 4.90 Å².